The first kappa shape index (κ1) is 35.2. The standard InChI is InChI=1S/C39H40ClFN6O5/c1-39(2,3)52-38(50)45-18-15-44(16-19-45)17-20-46-35-29(11-12-31(40)34(35)30-23-43-47-14-13-42-24-32(30)47)28(36(46)37(48)49)7-5-21-51-33-8-4-6-25-22-26(41)9-10-27(25)33/h4,6,8-14,22-24H,5,7,15-21H2,1-3H3,(H,48,49). The number of carbonyl (C=O) groups is 2. The van der Waals surface area contributed by atoms with E-state index in [4.69, 9.17) is 21.1 Å². The second-order valence-electron chi connectivity index (χ2n) is 13.9. The van der Waals surface area contributed by atoms with Crippen LogP contribution in [0.25, 0.3) is 38.3 Å². The molecule has 0 saturated carbocycles. The molecule has 6 aromatic rings. The number of amides is 1. The van der Waals surface area contributed by atoms with Gasteiger partial charge in [0.25, 0.3) is 0 Å². The van der Waals surface area contributed by atoms with E-state index < -0.39 is 11.6 Å². The third-order valence-corrected chi connectivity index (χ3v) is 9.68. The molecule has 3 aromatic heterocycles. The molecule has 0 aliphatic carbocycles. The van der Waals surface area contributed by atoms with Gasteiger partial charge >= 0.3 is 12.1 Å². The monoisotopic (exact) mass is 726 g/mol. The van der Waals surface area contributed by atoms with E-state index in [9.17, 15) is 19.1 Å². The molecule has 270 valence electrons. The molecule has 1 saturated heterocycles. The van der Waals surface area contributed by atoms with Crippen molar-refractivity contribution >= 4 is 50.9 Å². The maximum atomic E-state index is 13.8. The molecule has 0 atom stereocenters. The van der Waals surface area contributed by atoms with Crippen molar-refractivity contribution in [1.82, 2.24) is 29.0 Å². The van der Waals surface area contributed by atoms with Gasteiger partial charge < -0.3 is 24.0 Å². The summed E-state index contributed by atoms with van der Waals surface area (Å²) in [6.07, 6.45) is 7.47. The second-order valence-corrected chi connectivity index (χ2v) is 14.4. The van der Waals surface area contributed by atoms with Gasteiger partial charge in [0.1, 0.15) is 22.9 Å². The Kier molecular flexibility index (Phi) is 9.78. The van der Waals surface area contributed by atoms with Crippen LogP contribution in [0.4, 0.5) is 9.18 Å². The molecule has 13 heteroatoms. The average Bonchev–Trinajstić information content (AvgIpc) is 3.67. The Hall–Kier alpha value is -5.20. The number of ether oxygens (including phenoxy) is 2. The van der Waals surface area contributed by atoms with Crippen molar-refractivity contribution in [3.63, 3.8) is 0 Å². The summed E-state index contributed by atoms with van der Waals surface area (Å²) in [7, 11) is 0. The van der Waals surface area contributed by atoms with E-state index in [1.54, 1.807) is 46.3 Å². The van der Waals surface area contributed by atoms with E-state index >= 15 is 0 Å². The fraction of sp³-hybridized carbons (Fsp3) is 0.333. The van der Waals surface area contributed by atoms with E-state index in [0.717, 1.165) is 27.2 Å². The van der Waals surface area contributed by atoms with Crippen LogP contribution in [0.2, 0.25) is 5.02 Å². The van der Waals surface area contributed by atoms with Crippen molar-refractivity contribution in [2.24, 2.45) is 0 Å². The van der Waals surface area contributed by atoms with Gasteiger partial charge in [0.05, 0.1) is 35.1 Å². The lowest BCUT2D eigenvalue weighted by Crippen LogP contribution is -2.50. The molecular weight excluding hydrogens is 687 g/mol. The predicted molar refractivity (Wildman–Crippen MR) is 198 cm³/mol. The molecule has 1 N–H and O–H groups in total. The lowest BCUT2D eigenvalue weighted by molar-refractivity contribution is 0.0142. The topological polar surface area (TPSA) is 114 Å². The van der Waals surface area contributed by atoms with Crippen molar-refractivity contribution in [3.05, 3.63) is 95.4 Å². The zero-order valence-corrected chi connectivity index (χ0v) is 30.1. The molecule has 0 bridgehead atoms. The van der Waals surface area contributed by atoms with E-state index in [2.05, 4.69) is 15.0 Å². The number of piperazine rings is 1. The van der Waals surface area contributed by atoms with Crippen LogP contribution in [0, 0.1) is 5.82 Å². The highest BCUT2D eigenvalue weighted by Crippen LogP contribution is 2.41. The smallest absolute Gasteiger partial charge is 0.410 e. The first-order valence-electron chi connectivity index (χ1n) is 17.3. The summed E-state index contributed by atoms with van der Waals surface area (Å²) in [5.41, 5.74) is 3.19. The SMILES string of the molecule is CC(C)(C)OC(=O)N1CCN(CCn2c(C(=O)O)c(CCCOc3cccc4cc(F)ccc34)c3ccc(Cl)c(-c4cnn5ccncc45)c32)CC1. The Morgan fingerprint density at radius 2 is 1.79 bits per heavy atom. The summed E-state index contributed by atoms with van der Waals surface area (Å²) in [6, 6.07) is 13.8. The number of nitrogens with zero attached hydrogens (tertiary/aromatic N) is 6. The van der Waals surface area contributed by atoms with Gasteiger partial charge in [-0.05, 0) is 74.9 Å². The number of carboxylic acids is 1. The van der Waals surface area contributed by atoms with Crippen LogP contribution in [-0.4, -0.2) is 91.1 Å². The molecule has 1 fully saturated rings. The summed E-state index contributed by atoms with van der Waals surface area (Å²) in [6.45, 7) is 9.07. The molecule has 0 radical (unpaired) electrons. The maximum Gasteiger partial charge on any atom is 0.410 e. The van der Waals surface area contributed by atoms with Crippen LogP contribution in [-0.2, 0) is 17.7 Å². The molecule has 52 heavy (non-hydrogen) atoms. The highest BCUT2D eigenvalue weighted by molar-refractivity contribution is 6.35. The fourth-order valence-corrected chi connectivity index (χ4v) is 7.26. The Balaban J connectivity index is 1.20. The third kappa shape index (κ3) is 7.13. The number of hydrogen-bond acceptors (Lipinski definition) is 7. The molecule has 0 spiro atoms. The zero-order chi connectivity index (χ0) is 36.6. The van der Waals surface area contributed by atoms with Crippen molar-refractivity contribution < 1.29 is 28.6 Å². The third-order valence-electron chi connectivity index (χ3n) is 9.37. The Labute approximate surface area is 305 Å². The van der Waals surface area contributed by atoms with E-state index in [1.165, 1.54) is 12.1 Å². The molecule has 11 nitrogen and oxygen atoms in total. The second kappa shape index (κ2) is 14.4. The highest BCUT2D eigenvalue weighted by atomic mass is 35.5. The molecule has 0 unspecified atom stereocenters. The summed E-state index contributed by atoms with van der Waals surface area (Å²) >= 11 is 6.98. The summed E-state index contributed by atoms with van der Waals surface area (Å²) in [4.78, 5) is 34.1. The lowest BCUT2D eigenvalue weighted by Gasteiger charge is -2.35. The van der Waals surface area contributed by atoms with Crippen LogP contribution in [0.15, 0.2) is 73.3 Å². The minimum atomic E-state index is -1.04. The maximum absolute atomic E-state index is 13.8. The molecule has 1 aliphatic heterocycles. The van der Waals surface area contributed by atoms with Crippen molar-refractivity contribution in [1.29, 1.82) is 0 Å². The van der Waals surface area contributed by atoms with Crippen molar-refractivity contribution in [3.8, 4) is 16.9 Å². The molecular formula is C39H40ClFN6O5. The van der Waals surface area contributed by atoms with Crippen LogP contribution in [0.1, 0.15) is 43.2 Å². The van der Waals surface area contributed by atoms with Gasteiger partial charge in [-0.15, -0.1) is 0 Å². The zero-order valence-electron chi connectivity index (χ0n) is 29.3. The van der Waals surface area contributed by atoms with Gasteiger partial charge in [0, 0.05) is 73.6 Å². The lowest BCUT2D eigenvalue weighted by atomic mass is 10.0. The number of fused-ring (bicyclic) bond motifs is 3. The fourth-order valence-electron chi connectivity index (χ4n) is 7.00. The predicted octanol–water partition coefficient (Wildman–Crippen LogP) is 7.56. The number of hydrogen-bond donors (Lipinski definition) is 1. The van der Waals surface area contributed by atoms with Crippen LogP contribution in [0.3, 0.4) is 0 Å². The largest absolute Gasteiger partial charge is 0.493 e. The Morgan fingerprint density at radius 1 is 1.00 bits per heavy atom. The number of aryl methyl sites for hydroxylation is 1. The summed E-state index contributed by atoms with van der Waals surface area (Å²) in [5, 5.41) is 18.1. The van der Waals surface area contributed by atoms with Crippen LogP contribution >= 0.6 is 11.6 Å². The van der Waals surface area contributed by atoms with Crippen LogP contribution < -0.4 is 4.74 Å². The number of halogens is 2. The first-order valence-corrected chi connectivity index (χ1v) is 17.7. The minimum absolute atomic E-state index is 0.196. The number of rotatable bonds is 10. The molecule has 3 aromatic carbocycles. The molecule has 1 aliphatic rings. The number of aromatic nitrogens is 4. The van der Waals surface area contributed by atoms with Crippen molar-refractivity contribution in [2.45, 2.75) is 45.8 Å². The van der Waals surface area contributed by atoms with Gasteiger partial charge in [-0.2, -0.15) is 5.10 Å². The van der Waals surface area contributed by atoms with Gasteiger partial charge in [0.2, 0.25) is 0 Å². The molecule has 1 amide bonds. The van der Waals surface area contributed by atoms with Gasteiger partial charge in [-0.25, -0.2) is 18.5 Å². The van der Waals surface area contributed by atoms with Crippen molar-refractivity contribution in [2.75, 3.05) is 39.3 Å². The quantitative estimate of drug-likeness (QED) is 0.144. The summed E-state index contributed by atoms with van der Waals surface area (Å²) in [5.74, 6) is -0.715. The van der Waals surface area contributed by atoms with E-state index in [1.807, 2.05) is 49.6 Å². The molecule has 4 heterocycles. The van der Waals surface area contributed by atoms with Gasteiger partial charge in [-0.3, -0.25) is 9.88 Å². The summed E-state index contributed by atoms with van der Waals surface area (Å²) < 4.78 is 29.2. The first-order chi connectivity index (χ1) is 25.0. The molecule has 7 rings (SSSR count). The number of carboxylic acid groups (broad SMARTS) is 1. The van der Waals surface area contributed by atoms with E-state index in [0.29, 0.717) is 86.1 Å². The number of aromatic carboxylic acids is 1. The van der Waals surface area contributed by atoms with Crippen LogP contribution in [0.5, 0.6) is 5.75 Å². The van der Waals surface area contributed by atoms with Gasteiger partial charge in [-0.1, -0.05) is 29.8 Å². The Bertz CT molecular complexity index is 2290. The average molecular weight is 727 g/mol. The normalized spacial score (nSPS) is 14.1. The minimum Gasteiger partial charge on any atom is -0.493 e. The van der Waals surface area contributed by atoms with Gasteiger partial charge in [0.15, 0.2) is 0 Å². The number of carbonyl (C=O) groups excluding carboxylic acids is 1. The Morgan fingerprint density at radius 3 is 2.56 bits per heavy atom. The highest BCUT2D eigenvalue weighted by Gasteiger charge is 2.29. The number of benzene rings is 3. The van der Waals surface area contributed by atoms with E-state index in [-0.39, 0.29) is 17.6 Å².